The molecule has 1 saturated heterocycles. The minimum Gasteiger partial charge on any atom is -0.394 e. The first-order valence-corrected chi connectivity index (χ1v) is 6.05. The van der Waals surface area contributed by atoms with Crippen LogP contribution in [0.15, 0.2) is 17.4 Å². The summed E-state index contributed by atoms with van der Waals surface area (Å²) in [5, 5.41) is 29.2. The predicted molar refractivity (Wildman–Crippen MR) is 65.8 cm³/mol. The fourth-order valence-electron chi connectivity index (χ4n) is 2.48. The molecule has 1 aliphatic rings. The molecule has 108 valence electrons. The Kier molecular flexibility index (Phi) is 2.87. The number of aromatic nitrogens is 4. The minimum atomic E-state index is -1.37. The molecule has 2 aromatic rings. The zero-order valence-electron chi connectivity index (χ0n) is 10.6. The van der Waals surface area contributed by atoms with Crippen LogP contribution in [0.5, 0.6) is 0 Å². The third-order valence-electron chi connectivity index (χ3n) is 3.64. The van der Waals surface area contributed by atoms with Crippen molar-refractivity contribution < 1.29 is 20.1 Å². The molecule has 4 N–H and O–H groups in total. The second-order valence-corrected chi connectivity index (χ2v) is 4.85. The van der Waals surface area contributed by atoms with Crippen LogP contribution in [0.3, 0.4) is 0 Å². The summed E-state index contributed by atoms with van der Waals surface area (Å²) in [7, 11) is 0. The third-order valence-corrected chi connectivity index (χ3v) is 3.64. The summed E-state index contributed by atoms with van der Waals surface area (Å²) in [6, 6.07) is 0. The maximum absolute atomic E-state index is 11.6. The molecule has 2 aromatic heterocycles. The number of rotatable bonds is 2. The van der Waals surface area contributed by atoms with E-state index in [1.807, 2.05) is 0 Å². The maximum atomic E-state index is 11.6. The standard InChI is InChI=1S/C11H14N4O5/c1-11(8(18)7(17)5(2-16)20-11)15-4-14-6-9(15)12-3-13-10(6)19/h3-5,7-8,16-18H,2H2,1H3,(H,12,13,19)/t5-,7+,8+,11-/m1/s1. The summed E-state index contributed by atoms with van der Waals surface area (Å²) in [6.07, 6.45) is -0.937. The van der Waals surface area contributed by atoms with Gasteiger partial charge in [-0.1, -0.05) is 0 Å². The molecule has 1 aliphatic heterocycles. The summed E-state index contributed by atoms with van der Waals surface area (Å²) < 4.78 is 6.91. The zero-order chi connectivity index (χ0) is 14.5. The van der Waals surface area contributed by atoms with Gasteiger partial charge < -0.3 is 25.0 Å². The Bertz CT molecular complexity index is 697. The quantitative estimate of drug-likeness (QED) is 0.496. The van der Waals surface area contributed by atoms with Crippen molar-refractivity contribution in [1.82, 2.24) is 19.5 Å². The fourth-order valence-corrected chi connectivity index (χ4v) is 2.48. The van der Waals surface area contributed by atoms with Gasteiger partial charge >= 0.3 is 0 Å². The molecule has 0 unspecified atom stereocenters. The van der Waals surface area contributed by atoms with E-state index in [9.17, 15) is 15.0 Å². The largest absolute Gasteiger partial charge is 0.394 e. The Labute approximate surface area is 112 Å². The molecule has 0 radical (unpaired) electrons. The van der Waals surface area contributed by atoms with Gasteiger partial charge in [0.1, 0.15) is 18.3 Å². The lowest BCUT2D eigenvalue weighted by Gasteiger charge is -2.29. The average Bonchev–Trinajstić information content (AvgIpc) is 2.96. The third kappa shape index (κ3) is 1.61. The van der Waals surface area contributed by atoms with Gasteiger partial charge in [0, 0.05) is 0 Å². The molecule has 9 nitrogen and oxygen atoms in total. The van der Waals surface area contributed by atoms with Crippen LogP contribution in [-0.2, 0) is 10.5 Å². The van der Waals surface area contributed by atoms with Crippen molar-refractivity contribution in [3.8, 4) is 0 Å². The van der Waals surface area contributed by atoms with Crippen molar-refractivity contribution in [3.63, 3.8) is 0 Å². The highest BCUT2D eigenvalue weighted by Gasteiger charge is 2.52. The Hall–Kier alpha value is -1.81. The number of nitrogens with one attached hydrogen (secondary N) is 1. The van der Waals surface area contributed by atoms with Crippen LogP contribution in [0.25, 0.3) is 11.2 Å². The van der Waals surface area contributed by atoms with E-state index < -0.39 is 36.2 Å². The Balaban J connectivity index is 2.15. The molecule has 0 spiro atoms. The van der Waals surface area contributed by atoms with Crippen molar-refractivity contribution in [2.24, 2.45) is 0 Å². The van der Waals surface area contributed by atoms with E-state index >= 15 is 0 Å². The molecule has 0 amide bonds. The van der Waals surface area contributed by atoms with E-state index in [4.69, 9.17) is 9.84 Å². The summed E-state index contributed by atoms with van der Waals surface area (Å²) in [6.45, 7) is 1.09. The van der Waals surface area contributed by atoms with Gasteiger partial charge in [-0.3, -0.25) is 9.36 Å². The van der Waals surface area contributed by atoms with Crippen LogP contribution in [0.1, 0.15) is 6.92 Å². The Morgan fingerprint density at radius 3 is 2.90 bits per heavy atom. The van der Waals surface area contributed by atoms with E-state index in [0.717, 1.165) is 0 Å². The van der Waals surface area contributed by atoms with E-state index in [-0.39, 0.29) is 11.2 Å². The van der Waals surface area contributed by atoms with Gasteiger partial charge in [0.25, 0.3) is 5.56 Å². The van der Waals surface area contributed by atoms with Crippen molar-refractivity contribution in [3.05, 3.63) is 23.0 Å². The number of hydrogen-bond donors (Lipinski definition) is 4. The number of aromatic amines is 1. The van der Waals surface area contributed by atoms with Crippen LogP contribution in [0, 0.1) is 0 Å². The van der Waals surface area contributed by atoms with Gasteiger partial charge in [-0.2, -0.15) is 0 Å². The molecule has 0 saturated carbocycles. The van der Waals surface area contributed by atoms with Crippen LogP contribution in [0.4, 0.5) is 0 Å². The topological polar surface area (TPSA) is 133 Å². The molecular formula is C11H14N4O5. The number of hydrogen-bond acceptors (Lipinski definition) is 7. The van der Waals surface area contributed by atoms with Gasteiger partial charge in [0.15, 0.2) is 16.9 Å². The predicted octanol–water partition coefficient (Wildman–Crippen LogP) is -2.09. The van der Waals surface area contributed by atoms with Crippen molar-refractivity contribution >= 4 is 11.2 Å². The van der Waals surface area contributed by atoms with Crippen molar-refractivity contribution in [2.75, 3.05) is 6.61 Å². The zero-order valence-corrected chi connectivity index (χ0v) is 10.6. The molecule has 0 aromatic carbocycles. The number of aliphatic hydroxyl groups excluding tert-OH is 3. The highest BCUT2D eigenvalue weighted by atomic mass is 16.6. The summed E-state index contributed by atoms with van der Waals surface area (Å²) in [4.78, 5) is 22.0. The van der Waals surface area contributed by atoms with Gasteiger partial charge in [-0.15, -0.1) is 0 Å². The normalized spacial score (nSPS) is 33.9. The molecule has 9 heteroatoms. The van der Waals surface area contributed by atoms with Gasteiger partial charge in [0.2, 0.25) is 0 Å². The van der Waals surface area contributed by atoms with Crippen molar-refractivity contribution in [1.29, 1.82) is 0 Å². The van der Waals surface area contributed by atoms with E-state index in [1.165, 1.54) is 24.1 Å². The lowest BCUT2D eigenvalue weighted by atomic mass is 10.0. The van der Waals surface area contributed by atoms with Crippen LogP contribution in [-0.4, -0.2) is 59.8 Å². The number of aliphatic hydroxyl groups is 3. The maximum Gasteiger partial charge on any atom is 0.278 e. The Morgan fingerprint density at radius 1 is 1.50 bits per heavy atom. The molecule has 0 bridgehead atoms. The molecule has 1 fully saturated rings. The van der Waals surface area contributed by atoms with E-state index in [2.05, 4.69) is 15.0 Å². The SMILES string of the molecule is C[C@@]1(n2cnc3c(=O)[nH]cnc32)O[C@H](CO)[C@H](O)[C@@H]1O. The van der Waals surface area contributed by atoms with Crippen molar-refractivity contribution in [2.45, 2.75) is 31.0 Å². The second-order valence-electron chi connectivity index (χ2n) is 4.85. The fraction of sp³-hybridized carbons (Fsp3) is 0.545. The molecule has 3 heterocycles. The number of fused-ring (bicyclic) bond motifs is 1. The summed E-state index contributed by atoms with van der Waals surface area (Å²) >= 11 is 0. The van der Waals surface area contributed by atoms with Crippen LogP contribution < -0.4 is 5.56 Å². The first-order valence-electron chi connectivity index (χ1n) is 6.05. The van der Waals surface area contributed by atoms with E-state index in [1.54, 1.807) is 0 Å². The Morgan fingerprint density at radius 2 is 2.25 bits per heavy atom. The molecular weight excluding hydrogens is 268 g/mol. The highest BCUT2D eigenvalue weighted by Crippen LogP contribution is 2.36. The smallest absolute Gasteiger partial charge is 0.278 e. The summed E-state index contributed by atoms with van der Waals surface area (Å²) in [5.41, 5.74) is -1.46. The lowest BCUT2D eigenvalue weighted by Crippen LogP contribution is -2.43. The van der Waals surface area contributed by atoms with E-state index in [0.29, 0.717) is 0 Å². The number of ether oxygens (including phenoxy) is 1. The van der Waals surface area contributed by atoms with Gasteiger partial charge in [0.05, 0.1) is 19.3 Å². The number of H-pyrrole nitrogens is 1. The molecule has 20 heavy (non-hydrogen) atoms. The first-order chi connectivity index (χ1) is 9.49. The first kappa shape index (κ1) is 13.2. The average molecular weight is 282 g/mol. The second kappa shape index (κ2) is 4.35. The minimum absolute atomic E-state index is 0.103. The number of nitrogens with zero attached hydrogens (tertiary/aromatic N) is 3. The van der Waals surface area contributed by atoms with Crippen LogP contribution >= 0.6 is 0 Å². The summed E-state index contributed by atoms with van der Waals surface area (Å²) in [5.74, 6) is 0. The monoisotopic (exact) mass is 282 g/mol. The van der Waals surface area contributed by atoms with Crippen LogP contribution in [0.2, 0.25) is 0 Å². The molecule has 4 atom stereocenters. The van der Waals surface area contributed by atoms with Gasteiger partial charge in [-0.25, -0.2) is 9.97 Å². The highest BCUT2D eigenvalue weighted by molar-refractivity contribution is 5.69. The number of imidazole rings is 1. The lowest BCUT2D eigenvalue weighted by molar-refractivity contribution is -0.132. The molecule has 3 rings (SSSR count). The molecule has 0 aliphatic carbocycles. The van der Waals surface area contributed by atoms with Gasteiger partial charge in [-0.05, 0) is 6.92 Å².